The lowest BCUT2D eigenvalue weighted by atomic mass is 10.0. The SMILES string of the molecule is COC[C@H](NC(=O)c1c(O)cccc1F)C(C)C. The average molecular weight is 255 g/mol. The topological polar surface area (TPSA) is 58.6 Å². The third kappa shape index (κ3) is 3.43. The maximum absolute atomic E-state index is 13.5. The molecule has 1 rings (SSSR count). The van der Waals surface area contributed by atoms with E-state index < -0.39 is 11.7 Å². The van der Waals surface area contributed by atoms with Gasteiger partial charge in [0.1, 0.15) is 17.1 Å². The van der Waals surface area contributed by atoms with Gasteiger partial charge >= 0.3 is 0 Å². The largest absolute Gasteiger partial charge is 0.507 e. The highest BCUT2D eigenvalue weighted by Gasteiger charge is 2.21. The number of aromatic hydroxyl groups is 1. The van der Waals surface area contributed by atoms with Gasteiger partial charge in [0.05, 0.1) is 12.6 Å². The predicted octanol–water partition coefficient (Wildman–Crippen LogP) is 1.93. The highest BCUT2D eigenvalue weighted by atomic mass is 19.1. The number of amides is 1. The quantitative estimate of drug-likeness (QED) is 0.845. The first-order valence-corrected chi connectivity index (χ1v) is 5.74. The van der Waals surface area contributed by atoms with Crippen LogP contribution < -0.4 is 5.32 Å². The minimum absolute atomic E-state index is 0.141. The molecule has 100 valence electrons. The Morgan fingerprint density at radius 2 is 2.17 bits per heavy atom. The lowest BCUT2D eigenvalue weighted by molar-refractivity contribution is 0.0860. The highest BCUT2D eigenvalue weighted by molar-refractivity contribution is 5.97. The van der Waals surface area contributed by atoms with Crippen molar-refractivity contribution in [2.45, 2.75) is 19.9 Å². The number of hydrogen-bond donors (Lipinski definition) is 2. The molecule has 1 aromatic rings. The fourth-order valence-corrected chi connectivity index (χ4v) is 1.56. The number of halogens is 1. The van der Waals surface area contributed by atoms with Crippen LogP contribution in [0.1, 0.15) is 24.2 Å². The highest BCUT2D eigenvalue weighted by Crippen LogP contribution is 2.20. The Morgan fingerprint density at radius 1 is 1.50 bits per heavy atom. The van der Waals surface area contributed by atoms with E-state index >= 15 is 0 Å². The molecular weight excluding hydrogens is 237 g/mol. The standard InChI is InChI=1S/C13H18FNO3/c1-8(2)10(7-18-3)15-13(17)12-9(14)5-4-6-11(12)16/h4-6,8,10,16H,7H2,1-3H3,(H,15,17)/t10-/m0/s1. The van der Waals surface area contributed by atoms with Crippen LogP contribution in [-0.4, -0.2) is 30.8 Å². The molecule has 0 spiro atoms. The number of nitrogens with one attached hydrogen (secondary N) is 1. The molecule has 0 saturated carbocycles. The summed E-state index contributed by atoms with van der Waals surface area (Å²) in [5, 5.41) is 12.2. The molecule has 1 amide bonds. The molecule has 0 unspecified atom stereocenters. The van der Waals surface area contributed by atoms with Crippen LogP contribution in [-0.2, 0) is 4.74 Å². The van der Waals surface area contributed by atoms with Crippen LogP contribution in [0.3, 0.4) is 0 Å². The van der Waals surface area contributed by atoms with Crippen molar-refractivity contribution in [2.24, 2.45) is 5.92 Å². The number of benzene rings is 1. The zero-order valence-corrected chi connectivity index (χ0v) is 10.7. The molecule has 0 aliphatic rings. The van der Waals surface area contributed by atoms with Crippen LogP contribution in [0.15, 0.2) is 18.2 Å². The van der Waals surface area contributed by atoms with Crippen LogP contribution in [0.25, 0.3) is 0 Å². The Morgan fingerprint density at radius 3 is 2.67 bits per heavy atom. The summed E-state index contributed by atoms with van der Waals surface area (Å²) in [6.45, 7) is 4.18. The molecule has 0 saturated heterocycles. The molecule has 1 aromatic carbocycles. The normalized spacial score (nSPS) is 12.5. The summed E-state index contributed by atoms with van der Waals surface area (Å²) in [6.07, 6.45) is 0. The van der Waals surface area contributed by atoms with Crippen molar-refractivity contribution in [1.29, 1.82) is 0 Å². The van der Waals surface area contributed by atoms with Crippen molar-refractivity contribution in [1.82, 2.24) is 5.32 Å². The molecule has 0 fully saturated rings. The van der Waals surface area contributed by atoms with Crippen molar-refractivity contribution in [3.63, 3.8) is 0 Å². The van der Waals surface area contributed by atoms with Crippen LogP contribution in [0.2, 0.25) is 0 Å². The van der Waals surface area contributed by atoms with Gasteiger partial charge in [-0.05, 0) is 18.1 Å². The Kier molecular flexibility index (Phi) is 5.09. The maximum Gasteiger partial charge on any atom is 0.258 e. The van der Waals surface area contributed by atoms with E-state index in [-0.39, 0.29) is 23.3 Å². The summed E-state index contributed by atoms with van der Waals surface area (Å²) in [7, 11) is 1.53. The average Bonchev–Trinajstić information content (AvgIpc) is 2.28. The van der Waals surface area contributed by atoms with Gasteiger partial charge in [0.2, 0.25) is 0 Å². The fourth-order valence-electron chi connectivity index (χ4n) is 1.56. The lowest BCUT2D eigenvalue weighted by Crippen LogP contribution is -2.42. The van der Waals surface area contributed by atoms with Crippen molar-refractivity contribution in [3.8, 4) is 5.75 Å². The summed E-state index contributed by atoms with van der Waals surface area (Å²) in [5.41, 5.74) is -0.334. The molecule has 0 radical (unpaired) electrons. The fraction of sp³-hybridized carbons (Fsp3) is 0.462. The van der Waals surface area contributed by atoms with E-state index in [2.05, 4.69) is 5.32 Å². The van der Waals surface area contributed by atoms with Gasteiger partial charge in [-0.1, -0.05) is 19.9 Å². The van der Waals surface area contributed by atoms with Crippen LogP contribution in [0, 0.1) is 11.7 Å². The van der Waals surface area contributed by atoms with E-state index in [9.17, 15) is 14.3 Å². The molecule has 0 aromatic heterocycles. The van der Waals surface area contributed by atoms with E-state index in [1.807, 2.05) is 13.8 Å². The van der Waals surface area contributed by atoms with Gasteiger partial charge in [-0.2, -0.15) is 0 Å². The summed E-state index contributed by atoms with van der Waals surface area (Å²) < 4.78 is 18.5. The van der Waals surface area contributed by atoms with E-state index in [1.54, 1.807) is 0 Å². The molecule has 0 aliphatic carbocycles. The number of carbonyl (C=O) groups excluding carboxylic acids is 1. The zero-order chi connectivity index (χ0) is 13.7. The monoisotopic (exact) mass is 255 g/mol. The zero-order valence-electron chi connectivity index (χ0n) is 10.7. The van der Waals surface area contributed by atoms with Gasteiger partial charge in [-0.3, -0.25) is 4.79 Å². The summed E-state index contributed by atoms with van der Waals surface area (Å²) in [6, 6.07) is 3.52. The van der Waals surface area contributed by atoms with Gasteiger partial charge in [-0.15, -0.1) is 0 Å². The molecule has 2 N–H and O–H groups in total. The minimum Gasteiger partial charge on any atom is -0.507 e. The number of hydrogen-bond acceptors (Lipinski definition) is 3. The Labute approximate surface area is 106 Å². The number of carbonyl (C=O) groups is 1. The molecule has 0 aliphatic heterocycles. The smallest absolute Gasteiger partial charge is 0.258 e. The number of phenolic OH excluding ortho intramolecular Hbond substituents is 1. The molecule has 0 heterocycles. The second-order valence-electron chi connectivity index (χ2n) is 4.41. The molecule has 1 atom stereocenters. The van der Waals surface area contributed by atoms with Gasteiger partial charge in [0.15, 0.2) is 0 Å². The summed E-state index contributed by atoms with van der Waals surface area (Å²) >= 11 is 0. The molecular formula is C13H18FNO3. The maximum atomic E-state index is 13.5. The van der Waals surface area contributed by atoms with E-state index in [1.165, 1.54) is 19.2 Å². The van der Waals surface area contributed by atoms with E-state index in [0.717, 1.165) is 6.07 Å². The first-order chi connectivity index (χ1) is 8.47. The van der Waals surface area contributed by atoms with Crippen LogP contribution in [0.4, 0.5) is 4.39 Å². The first kappa shape index (κ1) is 14.4. The number of phenols is 1. The molecule has 0 bridgehead atoms. The predicted molar refractivity (Wildman–Crippen MR) is 66.0 cm³/mol. The van der Waals surface area contributed by atoms with Crippen molar-refractivity contribution >= 4 is 5.91 Å². The lowest BCUT2D eigenvalue weighted by Gasteiger charge is -2.21. The minimum atomic E-state index is -0.743. The molecule has 18 heavy (non-hydrogen) atoms. The summed E-state index contributed by atoms with van der Waals surface area (Å²) in [5.74, 6) is -1.61. The van der Waals surface area contributed by atoms with Gasteiger partial charge in [0, 0.05) is 7.11 Å². The second-order valence-corrected chi connectivity index (χ2v) is 4.41. The second kappa shape index (κ2) is 6.35. The number of ether oxygens (including phenoxy) is 1. The summed E-state index contributed by atoms with van der Waals surface area (Å²) in [4.78, 5) is 11.9. The first-order valence-electron chi connectivity index (χ1n) is 5.74. The van der Waals surface area contributed by atoms with Crippen LogP contribution >= 0.6 is 0 Å². The molecule has 4 nitrogen and oxygen atoms in total. The van der Waals surface area contributed by atoms with Crippen LogP contribution in [0.5, 0.6) is 5.75 Å². The molecule has 5 heteroatoms. The van der Waals surface area contributed by atoms with Crippen molar-refractivity contribution < 1.29 is 19.0 Å². The number of methoxy groups -OCH3 is 1. The Balaban J connectivity index is 2.87. The third-order valence-corrected chi connectivity index (χ3v) is 2.69. The van der Waals surface area contributed by atoms with Crippen molar-refractivity contribution in [2.75, 3.05) is 13.7 Å². The van der Waals surface area contributed by atoms with E-state index in [0.29, 0.717) is 6.61 Å². The van der Waals surface area contributed by atoms with Gasteiger partial charge in [0.25, 0.3) is 5.91 Å². The van der Waals surface area contributed by atoms with Crippen molar-refractivity contribution in [3.05, 3.63) is 29.6 Å². The Hall–Kier alpha value is -1.62. The van der Waals surface area contributed by atoms with Gasteiger partial charge < -0.3 is 15.2 Å². The van der Waals surface area contributed by atoms with Gasteiger partial charge in [-0.25, -0.2) is 4.39 Å². The van der Waals surface area contributed by atoms with E-state index in [4.69, 9.17) is 4.74 Å². The Bertz CT molecular complexity index is 400. The number of rotatable bonds is 5. The third-order valence-electron chi connectivity index (χ3n) is 2.69.